The second kappa shape index (κ2) is 3.22. The van der Waals surface area contributed by atoms with Crippen LogP contribution in [0.5, 0.6) is 0 Å². The first-order valence-corrected chi connectivity index (χ1v) is 3.25. The van der Waals surface area contributed by atoms with Crippen LogP contribution in [-0.4, -0.2) is 21.9 Å². The Kier molecular flexibility index (Phi) is 2.29. The molecule has 1 aromatic heterocycles. The van der Waals surface area contributed by atoms with E-state index >= 15 is 0 Å². The molecule has 0 unspecified atom stereocenters. The minimum Gasteiger partial charge on any atom is -0.480 e. The number of hydrogen-bond donors (Lipinski definition) is 2. The molecule has 0 radical (unpaired) electrons. The fourth-order valence-electron chi connectivity index (χ4n) is 0.690. The molecule has 12 heavy (non-hydrogen) atoms. The Morgan fingerprint density at radius 2 is 2.50 bits per heavy atom. The number of carboxylic acids is 1. The minimum absolute atomic E-state index is 0.0441. The first kappa shape index (κ1) is 8.54. The second-order valence-corrected chi connectivity index (χ2v) is 2.27. The summed E-state index contributed by atoms with van der Waals surface area (Å²) in [7, 11) is 0. The van der Waals surface area contributed by atoms with Crippen LogP contribution in [0.3, 0.4) is 0 Å². The minimum atomic E-state index is -1.13. The molecule has 0 amide bonds. The van der Waals surface area contributed by atoms with E-state index in [0.717, 1.165) is 4.74 Å². The summed E-state index contributed by atoms with van der Waals surface area (Å²) >= 11 is 0. The molecule has 3 N–H and O–H groups in total. The number of rotatable bonds is 3. The first-order chi connectivity index (χ1) is 5.59. The molecule has 0 aliphatic rings. The van der Waals surface area contributed by atoms with Gasteiger partial charge in [-0.1, -0.05) is 0 Å². The van der Waals surface area contributed by atoms with Crippen molar-refractivity contribution in [2.75, 3.05) is 0 Å². The third-order valence-electron chi connectivity index (χ3n) is 1.28. The average molecular weight is 172 g/mol. The Labute approximate surface area is 67.2 Å². The van der Waals surface area contributed by atoms with Crippen molar-refractivity contribution in [2.24, 2.45) is 5.73 Å². The molecule has 0 fully saturated rings. The van der Waals surface area contributed by atoms with Gasteiger partial charge in [-0.15, -0.1) is 0 Å². The Balaban J connectivity index is 2.64. The van der Waals surface area contributed by atoms with E-state index in [2.05, 4.69) is 4.52 Å². The standard InChI is InChI=1S/C6H8N2O4/c7-4(6(10)11)3-8-2-1-5(9)12-8/h1-2,4H,3,7H2,(H,10,11)/t4-/m1/s1. The van der Waals surface area contributed by atoms with Gasteiger partial charge in [0.05, 0.1) is 6.54 Å². The summed E-state index contributed by atoms with van der Waals surface area (Å²) in [6.45, 7) is -0.0441. The summed E-state index contributed by atoms with van der Waals surface area (Å²) in [6.07, 6.45) is 1.34. The highest BCUT2D eigenvalue weighted by molar-refractivity contribution is 5.72. The molecule has 0 saturated heterocycles. The number of nitrogens with two attached hydrogens (primary N) is 1. The maximum Gasteiger partial charge on any atom is 0.357 e. The van der Waals surface area contributed by atoms with Crippen molar-refractivity contribution in [3.63, 3.8) is 0 Å². The highest BCUT2D eigenvalue weighted by atomic mass is 16.5. The smallest absolute Gasteiger partial charge is 0.357 e. The van der Waals surface area contributed by atoms with Crippen LogP contribution in [0.2, 0.25) is 0 Å². The first-order valence-electron chi connectivity index (χ1n) is 3.25. The van der Waals surface area contributed by atoms with Crippen molar-refractivity contribution in [1.29, 1.82) is 0 Å². The van der Waals surface area contributed by atoms with E-state index in [1.54, 1.807) is 0 Å². The van der Waals surface area contributed by atoms with Gasteiger partial charge >= 0.3 is 11.6 Å². The number of aliphatic carboxylic acids is 1. The van der Waals surface area contributed by atoms with Crippen molar-refractivity contribution >= 4 is 5.97 Å². The van der Waals surface area contributed by atoms with E-state index < -0.39 is 17.6 Å². The predicted molar refractivity (Wildman–Crippen MR) is 38.6 cm³/mol. The zero-order valence-electron chi connectivity index (χ0n) is 6.14. The van der Waals surface area contributed by atoms with Crippen molar-refractivity contribution < 1.29 is 14.4 Å². The molecule has 66 valence electrons. The SMILES string of the molecule is N[C@H](Cn1ccc(=O)o1)C(=O)O. The second-order valence-electron chi connectivity index (χ2n) is 2.27. The summed E-state index contributed by atoms with van der Waals surface area (Å²) in [6, 6.07) is 0.134. The lowest BCUT2D eigenvalue weighted by molar-refractivity contribution is -0.139. The maximum atomic E-state index is 10.5. The lowest BCUT2D eigenvalue weighted by atomic mass is 10.3. The van der Waals surface area contributed by atoms with E-state index in [0.29, 0.717) is 0 Å². The van der Waals surface area contributed by atoms with Crippen LogP contribution < -0.4 is 11.4 Å². The molecule has 0 bridgehead atoms. The van der Waals surface area contributed by atoms with Crippen molar-refractivity contribution in [2.45, 2.75) is 12.6 Å². The quantitative estimate of drug-likeness (QED) is 0.600. The Morgan fingerprint density at radius 1 is 1.83 bits per heavy atom. The largest absolute Gasteiger partial charge is 0.480 e. The van der Waals surface area contributed by atoms with Gasteiger partial charge in [-0.3, -0.25) is 4.79 Å². The van der Waals surface area contributed by atoms with Gasteiger partial charge in [0.15, 0.2) is 0 Å². The molecule has 1 heterocycles. The molecule has 0 aliphatic carbocycles. The van der Waals surface area contributed by atoms with Crippen molar-refractivity contribution in [3.05, 3.63) is 22.7 Å². The molecule has 0 aliphatic heterocycles. The molecule has 0 aromatic carbocycles. The van der Waals surface area contributed by atoms with Crippen molar-refractivity contribution in [3.8, 4) is 0 Å². The van der Waals surface area contributed by atoms with Gasteiger partial charge in [0, 0.05) is 12.3 Å². The van der Waals surface area contributed by atoms with Gasteiger partial charge in [0.1, 0.15) is 6.04 Å². The van der Waals surface area contributed by atoms with E-state index in [4.69, 9.17) is 10.8 Å². The fourth-order valence-corrected chi connectivity index (χ4v) is 0.690. The van der Waals surface area contributed by atoms with Crippen LogP contribution in [0.15, 0.2) is 21.6 Å². The van der Waals surface area contributed by atoms with Crippen LogP contribution in [0.4, 0.5) is 0 Å². The lowest BCUT2D eigenvalue weighted by Gasteiger charge is -2.04. The summed E-state index contributed by atoms with van der Waals surface area (Å²) in [5.74, 6) is -1.13. The molecule has 0 saturated carbocycles. The molecule has 6 nitrogen and oxygen atoms in total. The highest BCUT2D eigenvalue weighted by Gasteiger charge is 2.12. The van der Waals surface area contributed by atoms with Crippen LogP contribution in [0, 0.1) is 0 Å². The van der Waals surface area contributed by atoms with Gasteiger partial charge in [0.25, 0.3) is 0 Å². The lowest BCUT2D eigenvalue weighted by Crippen LogP contribution is -2.34. The fraction of sp³-hybridized carbons (Fsp3) is 0.333. The molecule has 1 aromatic rings. The summed E-state index contributed by atoms with van der Waals surface area (Å²) < 4.78 is 5.61. The Hall–Kier alpha value is -1.56. The number of aromatic nitrogens is 1. The number of carboxylic acid groups (broad SMARTS) is 1. The number of hydrogen-bond acceptors (Lipinski definition) is 4. The molecule has 1 atom stereocenters. The van der Waals surface area contributed by atoms with E-state index in [-0.39, 0.29) is 6.54 Å². The monoisotopic (exact) mass is 172 g/mol. The molecular weight excluding hydrogens is 164 g/mol. The summed E-state index contributed by atoms with van der Waals surface area (Å²) in [5, 5.41) is 8.39. The normalized spacial score (nSPS) is 12.8. The summed E-state index contributed by atoms with van der Waals surface area (Å²) in [5.41, 5.74) is 4.65. The van der Waals surface area contributed by atoms with Gasteiger partial charge in [-0.05, 0) is 0 Å². The predicted octanol–water partition coefficient (Wildman–Crippen LogP) is -1.15. The highest BCUT2D eigenvalue weighted by Crippen LogP contribution is 1.88. The van der Waals surface area contributed by atoms with Gasteiger partial charge in [0.2, 0.25) is 0 Å². The van der Waals surface area contributed by atoms with Gasteiger partial charge < -0.3 is 15.4 Å². The van der Waals surface area contributed by atoms with Gasteiger partial charge in [-0.2, -0.15) is 0 Å². The molecule has 6 heteroatoms. The van der Waals surface area contributed by atoms with E-state index in [1.165, 1.54) is 12.3 Å². The zero-order valence-corrected chi connectivity index (χ0v) is 6.14. The van der Waals surface area contributed by atoms with Crippen LogP contribution in [-0.2, 0) is 11.3 Å². The van der Waals surface area contributed by atoms with E-state index in [1.807, 2.05) is 0 Å². The molecule has 1 rings (SSSR count). The maximum absolute atomic E-state index is 10.5. The topological polar surface area (TPSA) is 98.5 Å². The van der Waals surface area contributed by atoms with Crippen LogP contribution in [0.25, 0.3) is 0 Å². The Morgan fingerprint density at radius 3 is 2.92 bits per heavy atom. The number of carbonyl (C=O) groups is 1. The number of nitrogens with zero attached hydrogens (tertiary/aromatic N) is 1. The average Bonchev–Trinajstić information content (AvgIpc) is 2.35. The zero-order chi connectivity index (χ0) is 9.14. The molecule has 0 spiro atoms. The van der Waals surface area contributed by atoms with Crippen LogP contribution in [0.1, 0.15) is 0 Å². The third-order valence-corrected chi connectivity index (χ3v) is 1.28. The van der Waals surface area contributed by atoms with Gasteiger partial charge in [-0.25, -0.2) is 9.53 Å². The Bertz CT molecular complexity index is 326. The van der Waals surface area contributed by atoms with E-state index in [9.17, 15) is 9.59 Å². The molecular formula is C6H8N2O4. The van der Waals surface area contributed by atoms with Crippen LogP contribution >= 0.6 is 0 Å². The summed E-state index contributed by atoms with van der Waals surface area (Å²) in [4.78, 5) is 20.7. The van der Waals surface area contributed by atoms with Crippen molar-refractivity contribution in [1.82, 2.24) is 4.74 Å². The third kappa shape index (κ3) is 1.96.